The Morgan fingerprint density at radius 3 is 2.63 bits per heavy atom. The first-order valence-electron chi connectivity index (χ1n) is 9.30. The molecule has 0 aliphatic rings. The lowest BCUT2D eigenvalue weighted by molar-refractivity contribution is 0.0572. The van der Waals surface area contributed by atoms with Crippen molar-refractivity contribution in [2.75, 3.05) is 12.2 Å². The molecule has 0 aliphatic heterocycles. The van der Waals surface area contributed by atoms with Crippen molar-refractivity contribution in [3.63, 3.8) is 0 Å². The molecule has 0 radical (unpaired) electrons. The highest BCUT2D eigenvalue weighted by Gasteiger charge is 2.21. The molecule has 0 amide bonds. The number of thioether (sulfide) groups is 1. The molecule has 0 atom stereocenters. The number of hydrogen-bond donors (Lipinski definition) is 0. The largest absolute Gasteiger partial charge is 0.450 e. The molecule has 2 aromatic heterocycles. The molecule has 0 aliphatic carbocycles. The molecule has 0 bridgehead atoms. The van der Waals surface area contributed by atoms with Gasteiger partial charge in [-0.15, -0.1) is 22.0 Å². The van der Waals surface area contributed by atoms with Crippen LogP contribution in [0.5, 0.6) is 0 Å². The molecule has 4 aromatic rings. The van der Waals surface area contributed by atoms with Crippen LogP contribution < -0.4 is 0 Å². The Morgan fingerprint density at radius 2 is 1.87 bits per heavy atom. The SMILES string of the molecule is CSCOC(=O)c1cc(-c2nnc(-c3cccc(C)c3)s2)n(-c2ccccc2C)n1. The average Bonchev–Trinajstić information content (AvgIpc) is 3.40. The minimum atomic E-state index is -0.457. The molecule has 0 fully saturated rings. The van der Waals surface area contributed by atoms with Crippen molar-refractivity contribution >= 4 is 29.1 Å². The maximum absolute atomic E-state index is 12.4. The van der Waals surface area contributed by atoms with Crippen LogP contribution in [0.3, 0.4) is 0 Å². The number of esters is 1. The lowest BCUT2D eigenvalue weighted by atomic mass is 10.1. The van der Waals surface area contributed by atoms with Crippen molar-refractivity contribution in [1.29, 1.82) is 0 Å². The molecule has 2 heterocycles. The number of carbonyl (C=O) groups is 1. The molecule has 152 valence electrons. The van der Waals surface area contributed by atoms with Crippen LogP contribution in [0.25, 0.3) is 27.0 Å². The van der Waals surface area contributed by atoms with Crippen molar-refractivity contribution < 1.29 is 9.53 Å². The normalized spacial score (nSPS) is 10.9. The van der Waals surface area contributed by atoms with E-state index in [1.165, 1.54) is 23.1 Å². The first-order valence-corrected chi connectivity index (χ1v) is 11.5. The van der Waals surface area contributed by atoms with E-state index in [1.807, 2.05) is 62.6 Å². The van der Waals surface area contributed by atoms with Gasteiger partial charge in [0.25, 0.3) is 0 Å². The van der Waals surface area contributed by atoms with E-state index < -0.39 is 5.97 Å². The molecule has 0 saturated heterocycles. The van der Waals surface area contributed by atoms with Crippen LogP contribution in [0.1, 0.15) is 21.6 Å². The summed E-state index contributed by atoms with van der Waals surface area (Å²) in [5.41, 5.74) is 5.04. The van der Waals surface area contributed by atoms with E-state index in [1.54, 1.807) is 10.7 Å². The van der Waals surface area contributed by atoms with Gasteiger partial charge in [-0.05, 0) is 37.8 Å². The fourth-order valence-electron chi connectivity index (χ4n) is 3.03. The molecule has 0 unspecified atom stereocenters. The summed E-state index contributed by atoms with van der Waals surface area (Å²) in [5.74, 6) is -0.178. The summed E-state index contributed by atoms with van der Waals surface area (Å²) in [4.78, 5) is 12.4. The third-order valence-electron chi connectivity index (χ3n) is 4.48. The summed E-state index contributed by atoms with van der Waals surface area (Å²) in [6.45, 7) is 4.05. The molecule has 2 aromatic carbocycles. The van der Waals surface area contributed by atoms with Crippen molar-refractivity contribution in [2.24, 2.45) is 0 Å². The van der Waals surface area contributed by atoms with Crippen LogP contribution in [0.2, 0.25) is 0 Å². The first kappa shape index (κ1) is 20.3. The number of carbonyl (C=O) groups excluding carboxylic acids is 1. The van der Waals surface area contributed by atoms with Gasteiger partial charge in [0.1, 0.15) is 16.6 Å². The standard InChI is InChI=1S/C22H20N4O2S2/c1-14-7-6-9-16(11-14)20-23-24-21(30-20)19-12-17(22(27)28-13-29-3)25-26(19)18-10-5-4-8-15(18)2/h4-12H,13H2,1-3H3. The summed E-state index contributed by atoms with van der Waals surface area (Å²) < 4.78 is 6.99. The average molecular weight is 437 g/mol. The van der Waals surface area contributed by atoms with Crippen LogP contribution in [0, 0.1) is 13.8 Å². The molecule has 0 spiro atoms. The van der Waals surface area contributed by atoms with Gasteiger partial charge in [0.05, 0.1) is 5.69 Å². The summed E-state index contributed by atoms with van der Waals surface area (Å²) in [7, 11) is 0. The third-order valence-corrected chi connectivity index (χ3v) is 5.83. The molecule has 0 saturated carbocycles. The molecule has 6 nitrogen and oxygen atoms in total. The molecule has 4 rings (SSSR count). The summed E-state index contributed by atoms with van der Waals surface area (Å²) in [5, 5.41) is 14.8. The smallest absolute Gasteiger partial charge is 0.359 e. The Balaban J connectivity index is 1.79. The maximum Gasteiger partial charge on any atom is 0.359 e. The number of nitrogens with zero attached hydrogens (tertiary/aromatic N) is 4. The Bertz CT molecular complexity index is 1200. The molecule has 0 N–H and O–H groups in total. The highest BCUT2D eigenvalue weighted by atomic mass is 32.2. The fraction of sp³-hybridized carbons (Fsp3) is 0.182. The summed E-state index contributed by atoms with van der Waals surface area (Å²) >= 11 is 2.90. The second-order valence-corrected chi connectivity index (χ2v) is 8.52. The van der Waals surface area contributed by atoms with Gasteiger partial charge >= 0.3 is 5.97 Å². The van der Waals surface area contributed by atoms with Gasteiger partial charge in [-0.3, -0.25) is 0 Å². The lowest BCUT2D eigenvalue weighted by Gasteiger charge is -2.08. The van der Waals surface area contributed by atoms with Gasteiger partial charge in [0.2, 0.25) is 0 Å². The number of aryl methyl sites for hydroxylation is 2. The van der Waals surface area contributed by atoms with E-state index >= 15 is 0 Å². The van der Waals surface area contributed by atoms with E-state index in [0.29, 0.717) is 10.7 Å². The number of para-hydroxylation sites is 1. The van der Waals surface area contributed by atoms with Crippen molar-refractivity contribution in [1.82, 2.24) is 20.0 Å². The third kappa shape index (κ3) is 4.15. The van der Waals surface area contributed by atoms with E-state index in [0.717, 1.165) is 27.4 Å². The number of ether oxygens (including phenoxy) is 1. The van der Waals surface area contributed by atoms with Crippen molar-refractivity contribution in [3.05, 3.63) is 71.4 Å². The maximum atomic E-state index is 12.4. The van der Waals surface area contributed by atoms with Crippen molar-refractivity contribution in [2.45, 2.75) is 13.8 Å². The Labute approximate surface area is 182 Å². The Kier molecular flexibility index (Phi) is 5.96. The van der Waals surface area contributed by atoms with E-state index in [2.05, 4.69) is 21.4 Å². The predicted molar refractivity (Wildman–Crippen MR) is 121 cm³/mol. The Morgan fingerprint density at radius 1 is 1.07 bits per heavy atom. The zero-order valence-corrected chi connectivity index (χ0v) is 18.5. The van der Waals surface area contributed by atoms with Gasteiger partial charge in [0.15, 0.2) is 10.7 Å². The Hall–Kier alpha value is -2.97. The number of benzene rings is 2. The van der Waals surface area contributed by atoms with Crippen LogP contribution in [-0.4, -0.2) is 38.1 Å². The minimum absolute atomic E-state index is 0.245. The molecular weight excluding hydrogens is 416 g/mol. The van der Waals surface area contributed by atoms with Gasteiger partial charge in [0, 0.05) is 11.6 Å². The first-order chi connectivity index (χ1) is 14.6. The topological polar surface area (TPSA) is 69.9 Å². The van der Waals surface area contributed by atoms with Gasteiger partial charge in [-0.25, -0.2) is 9.48 Å². The summed E-state index contributed by atoms with van der Waals surface area (Å²) in [6, 6.07) is 17.7. The molecule has 30 heavy (non-hydrogen) atoms. The molecular formula is C22H20N4O2S2. The quantitative estimate of drug-likeness (QED) is 0.307. The van der Waals surface area contributed by atoms with E-state index in [4.69, 9.17) is 4.74 Å². The second kappa shape index (κ2) is 8.81. The minimum Gasteiger partial charge on any atom is -0.450 e. The summed E-state index contributed by atoms with van der Waals surface area (Å²) in [6.07, 6.45) is 1.87. The highest BCUT2D eigenvalue weighted by Crippen LogP contribution is 2.32. The predicted octanol–water partition coefficient (Wildman–Crippen LogP) is 5.15. The van der Waals surface area contributed by atoms with Gasteiger partial charge in [-0.1, -0.05) is 53.3 Å². The van der Waals surface area contributed by atoms with Crippen LogP contribution in [0.4, 0.5) is 0 Å². The number of hydrogen-bond acceptors (Lipinski definition) is 7. The van der Waals surface area contributed by atoms with E-state index in [-0.39, 0.29) is 11.6 Å². The van der Waals surface area contributed by atoms with Gasteiger partial charge < -0.3 is 4.74 Å². The van der Waals surface area contributed by atoms with Crippen LogP contribution >= 0.6 is 23.1 Å². The van der Waals surface area contributed by atoms with Gasteiger partial charge in [-0.2, -0.15) is 5.10 Å². The number of aromatic nitrogens is 4. The highest BCUT2D eigenvalue weighted by molar-refractivity contribution is 7.98. The monoisotopic (exact) mass is 436 g/mol. The molecule has 8 heteroatoms. The number of rotatable bonds is 6. The van der Waals surface area contributed by atoms with Crippen LogP contribution in [-0.2, 0) is 4.74 Å². The lowest BCUT2D eigenvalue weighted by Crippen LogP contribution is -2.07. The fourth-order valence-corrected chi connectivity index (χ4v) is 4.09. The second-order valence-electron chi connectivity index (χ2n) is 6.73. The zero-order chi connectivity index (χ0) is 21.1. The van der Waals surface area contributed by atoms with Crippen LogP contribution in [0.15, 0.2) is 54.6 Å². The van der Waals surface area contributed by atoms with E-state index in [9.17, 15) is 4.79 Å². The van der Waals surface area contributed by atoms with Crippen molar-refractivity contribution in [3.8, 4) is 27.0 Å². The zero-order valence-electron chi connectivity index (χ0n) is 16.8.